The molecule has 0 unspecified atom stereocenters. The van der Waals surface area contributed by atoms with Crippen LogP contribution in [0.4, 0.5) is 4.79 Å². The fourth-order valence-corrected chi connectivity index (χ4v) is 6.83. The molecule has 8 nitrogen and oxygen atoms in total. The van der Waals surface area contributed by atoms with E-state index in [0.717, 1.165) is 24.2 Å². The van der Waals surface area contributed by atoms with Crippen LogP contribution in [0.15, 0.2) is 12.1 Å². The summed E-state index contributed by atoms with van der Waals surface area (Å²) in [4.78, 5) is 28.5. The maximum Gasteiger partial charge on any atom is 0.508 e. The maximum atomic E-state index is 13.1. The van der Waals surface area contributed by atoms with E-state index in [1.165, 1.54) is 12.8 Å². The van der Waals surface area contributed by atoms with E-state index in [1.54, 1.807) is 13.2 Å². The standard InChI is InChI=1S/C24H29NO7/c1-29-10-11-30-22(28)32-24-7-6-17(27)21-23(24)8-9-25(13-14-2-3-14)18(24)12-15-4-5-16(26)20(31-21)19(15)23/h4-5,14,18,21,26H,2-3,6-13H2,1H3/t18-,21+,23+,24-/m1/s1. The zero-order valence-electron chi connectivity index (χ0n) is 18.3. The van der Waals surface area contributed by atoms with Gasteiger partial charge in [-0.1, -0.05) is 6.07 Å². The molecule has 1 aromatic rings. The van der Waals surface area contributed by atoms with Gasteiger partial charge in [0.1, 0.15) is 12.2 Å². The topological polar surface area (TPSA) is 94.5 Å². The van der Waals surface area contributed by atoms with Crippen molar-refractivity contribution in [2.24, 2.45) is 5.92 Å². The number of hydrogen-bond donors (Lipinski definition) is 1. The van der Waals surface area contributed by atoms with Gasteiger partial charge in [-0.15, -0.1) is 0 Å². The quantitative estimate of drug-likeness (QED) is 0.529. The molecular weight excluding hydrogens is 414 g/mol. The van der Waals surface area contributed by atoms with E-state index in [2.05, 4.69) is 4.90 Å². The molecule has 8 heteroatoms. The predicted octanol–water partition coefficient (Wildman–Crippen LogP) is 2.33. The van der Waals surface area contributed by atoms with E-state index >= 15 is 0 Å². The lowest BCUT2D eigenvalue weighted by Crippen LogP contribution is -2.77. The molecule has 3 fully saturated rings. The first kappa shape index (κ1) is 20.3. The lowest BCUT2D eigenvalue weighted by Gasteiger charge is -2.63. The number of ether oxygens (including phenoxy) is 4. The molecule has 32 heavy (non-hydrogen) atoms. The average Bonchev–Trinajstić information content (AvgIpc) is 3.51. The number of methoxy groups -OCH3 is 1. The molecule has 172 valence electrons. The number of rotatable bonds is 6. The second-order valence-corrected chi connectivity index (χ2v) is 9.87. The molecule has 2 heterocycles. The van der Waals surface area contributed by atoms with Gasteiger partial charge >= 0.3 is 6.16 Å². The average molecular weight is 443 g/mol. The largest absolute Gasteiger partial charge is 0.508 e. The monoisotopic (exact) mass is 443 g/mol. The number of piperidine rings is 1. The van der Waals surface area contributed by atoms with Crippen LogP contribution < -0.4 is 4.74 Å². The molecule has 0 aromatic heterocycles. The number of aromatic hydroxyl groups is 1. The van der Waals surface area contributed by atoms with E-state index in [4.69, 9.17) is 18.9 Å². The summed E-state index contributed by atoms with van der Waals surface area (Å²) in [6, 6.07) is 3.53. The SMILES string of the molecule is COCCOC(=O)O[C@@]12CCC(=O)[C@@H]3Oc4c(O)ccc5c4[C@@]31CCN(CC1CC1)[C@@H]2C5. The number of likely N-dealkylation sites (tertiary alicyclic amines) is 1. The fourth-order valence-electron chi connectivity index (χ4n) is 6.83. The Balaban J connectivity index is 1.48. The Morgan fingerprint density at radius 1 is 1.28 bits per heavy atom. The Morgan fingerprint density at radius 2 is 2.12 bits per heavy atom. The van der Waals surface area contributed by atoms with Crippen LogP contribution in [0.3, 0.4) is 0 Å². The number of hydrogen-bond acceptors (Lipinski definition) is 8. The van der Waals surface area contributed by atoms with E-state index < -0.39 is 23.3 Å². The van der Waals surface area contributed by atoms with E-state index in [0.29, 0.717) is 30.9 Å². The number of nitrogens with zero attached hydrogens (tertiary/aromatic N) is 1. The summed E-state index contributed by atoms with van der Waals surface area (Å²) in [5.74, 6) is 1.12. The summed E-state index contributed by atoms with van der Waals surface area (Å²) < 4.78 is 22.8. The van der Waals surface area contributed by atoms with Crippen LogP contribution in [0.25, 0.3) is 0 Å². The number of Topliss-reactive ketones (excluding diaryl/α,β-unsaturated/α-hetero) is 1. The minimum Gasteiger partial charge on any atom is -0.504 e. The summed E-state index contributed by atoms with van der Waals surface area (Å²) in [5.41, 5.74) is 0.208. The van der Waals surface area contributed by atoms with Crippen molar-refractivity contribution in [2.45, 2.75) is 61.7 Å². The van der Waals surface area contributed by atoms with Gasteiger partial charge in [0, 0.05) is 25.6 Å². The number of benzene rings is 1. The minimum atomic E-state index is -0.936. The summed E-state index contributed by atoms with van der Waals surface area (Å²) in [5, 5.41) is 10.6. The third-order valence-electron chi connectivity index (χ3n) is 8.29. The van der Waals surface area contributed by atoms with Crippen molar-refractivity contribution in [3.63, 3.8) is 0 Å². The molecule has 0 radical (unpaired) electrons. The molecule has 1 saturated heterocycles. The van der Waals surface area contributed by atoms with Gasteiger partial charge < -0.3 is 24.1 Å². The van der Waals surface area contributed by atoms with Crippen molar-refractivity contribution in [1.82, 2.24) is 4.90 Å². The molecule has 4 atom stereocenters. The summed E-state index contributed by atoms with van der Waals surface area (Å²) in [7, 11) is 1.55. The minimum absolute atomic E-state index is 0.00909. The molecule has 2 aliphatic heterocycles. The Bertz CT molecular complexity index is 975. The summed E-state index contributed by atoms with van der Waals surface area (Å²) >= 11 is 0. The third kappa shape index (κ3) is 2.62. The highest BCUT2D eigenvalue weighted by Crippen LogP contribution is 2.66. The van der Waals surface area contributed by atoms with E-state index in [9.17, 15) is 14.7 Å². The fraction of sp³-hybridized carbons (Fsp3) is 0.667. The van der Waals surface area contributed by atoms with Crippen LogP contribution in [0.2, 0.25) is 0 Å². The second-order valence-electron chi connectivity index (χ2n) is 9.87. The van der Waals surface area contributed by atoms with Crippen molar-refractivity contribution in [1.29, 1.82) is 0 Å². The number of phenols is 1. The molecule has 6 rings (SSSR count). The van der Waals surface area contributed by atoms with Crippen LogP contribution in [0.5, 0.6) is 11.5 Å². The molecule has 1 N–H and O–H groups in total. The molecule has 0 amide bonds. The Morgan fingerprint density at radius 3 is 2.91 bits per heavy atom. The predicted molar refractivity (Wildman–Crippen MR) is 112 cm³/mol. The normalized spacial score (nSPS) is 34.6. The zero-order valence-corrected chi connectivity index (χ0v) is 18.3. The third-order valence-corrected chi connectivity index (χ3v) is 8.29. The van der Waals surface area contributed by atoms with Crippen LogP contribution in [0.1, 0.15) is 43.2 Å². The van der Waals surface area contributed by atoms with Gasteiger partial charge in [0.25, 0.3) is 0 Å². The Labute approximate surface area is 186 Å². The number of carbonyl (C=O) groups is 2. The first-order valence-corrected chi connectivity index (χ1v) is 11.6. The molecule has 5 aliphatic rings. The van der Waals surface area contributed by atoms with Gasteiger partial charge in [-0.3, -0.25) is 9.69 Å². The smallest absolute Gasteiger partial charge is 0.504 e. The number of ketones is 1. The highest BCUT2D eigenvalue weighted by molar-refractivity contribution is 5.90. The summed E-state index contributed by atoms with van der Waals surface area (Å²) in [6.07, 6.45) is 3.02. The lowest BCUT2D eigenvalue weighted by molar-refractivity contribution is -0.197. The Hall–Kier alpha value is -2.32. The maximum absolute atomic E-state index is 13.1. The first-order chi connectivity index (χ1) is 15.5. The van der Waals surface area contributed by atoms with Crippen LogP contribution >= 0.6 is 0 Å². The first-order valence-electron chi connectivity index (χ1n) is 11.6. The molecular formula is C24H29NO7. The van der Waals surface area contributed by atoms with Gasteiger partial charge in [0.05, 0.1) is 18.1 Å². The molecule has 3 aliphatic carbocycles. The van der Waals surface area contributed by atoms with E-state index in [-0.39, 0.29) is 37.2 Å². The van der Waals surface area contributed by atoms with Gasteiger partial charge in [-0.2, -0.15) is 0 Å². The van der Waals surface area contributed by atoms with Crippen LogP contribution in [-0.2, 0) is 30.8 Å². The van der Waals surface area contributed by atoms with Crippen molar-refractivity contribution in [2.75, 3.05) is 33.4 Å². The van der Waals surface area contributed by atoms with Crippen LogP contribution in [-0.4, -0.2) is 73.1 Å². The molecule has 2 bridgehead atoms. The van der Waals surface area contributed by atoms with Crippen molar-refractivity contribution < 1.29 is 33.6 Å². The highest BCUT2D eigenvalue weighted by atomic mass is 16.7. The van der Waals surface area contributed by atoms with Crippen LogP contribution in [0, 0.1) is 5.92 Å². The van der Waals surface area contributed by atoms with Crippen molar-refractivity contribution >= 4 is 11.9 Å². The van der Waals surface area contributed by atoms with Gasteiger partial charge in [0.2, 0.25) is 0 Å². The highest BCUT2D eigenvalue weighted by Gasteiger charge is 2.75. The second kappa shape index (κ2) is 7.09. The molecule has 2 saturated carbocycles. The van der Waals surface area contributed by atoms with Gasteiger partial charge in [0.15, 0.2) is 23.4 Å². The molecule has 1 spiro atoms. The Kier molecular flexibility index (Phi) is 4.50. The van der Waals surface area contributed by atoms with Crippen molar-refractivity contribution in [3.8, 4) is 11.5 Å². The van der Waals surface area contributed by atoms with Gasteiger partial charge in [-0.05, 0) is 56.2 Å². The number of phenolic OH excluding ortho intramolecular Hbond substituents is 1. The zero-order chi connectivity index (χ0) is 22.1. The molecule has 1 aromatic carbocycles. The van der Waals surface area contributed by atoms with E-state index in [1.807, 2.05) is 6.07 Å². The summed E-state index contributed by atoms with van der Waals surface area (Å²) in [6.45, 7) is 2.18. The van der Waals surface area contributed by atoms with Crippen molar-refractivity contribution in [3.05, 3.63) is 23.3 Å². The lowest BCUT2D eigenvalue weighted by atomic mass is 9.48. The number of carbonyl (C=O) groups excluding carboxylic acids is 2. The van der Waals surface area contributed by atoms with Gasteiger partial charge in [-0.25, -0.2) is 4.79 Å².